The number of aromatic amines is 1. The van der Waals surface area contributed by atoms with Crippen LogP contribution >= 0.6 is 15.9 Å². The Morgan fingerprint density at radius 1 is 1.38 bits per heavy atom. The lowest BCUT2D eigenvalue weighted by atomic mass is 10.1. The number of carbonyl (C=O) groups excluding carboxylic acids is 3. The SMILES string of the molecule is COC(=O)C[C@H]1C(=O)NCCN1C(=O)c1cc2cc(Br)ccc2[nH]1. The summed E-state index contributed by atoms with van der Waals surface area (Å²) in [7, 11) is 1.25. The summed E-state index contributed by atoms with van der Waals surface area (Å²) in [4.78, 5) is 40.9. The first-order valence-corrected chi connectivity index (χ1v) is 8.22. The highest BCUT2D eigenvalue weighted by atomic mass is 79.9. The Morgan fingerprint density at radius 3 is 2.92 bits per heavy atom. The second-order valence-electron chi connectivity index (χ2n) is 5.50. The standard InChI is InChI=1S/C16H16BrN3O4/c1-24-14(21)8-13-15(22)18-4-5-20(13)16(23)12-7-9-6-10(17)2-3-11(9)19-12/h2-3,6-7,13,19H,4-5,8H2,1H3,(H,18,22)/t13-/m0/s1. The van der Waals surface area contributed by atoms with Crippen molar-refractivity contribution in [2.24, 2.45) is 0 Å². The van der Waals surface area contributed by atoms with Crippen molar-refractivity contribution in [1.82, 2.24) is 15.2 Å². The lowest BCUT2D eigenvalue weighted by Gasteiger charge is -2.34. The number of rotatable bonds is 3. The van der Waals surface area contributed by atoms with Crippen LogP contribution in [0.1, 0.15) is 16.9 Å². The Kier molecular flexibility index (Phi) is 4.57. The zero-order valence-corrected chi connectivity index (χ0v) is 14.6. The highest BCUT2D eigenvalue weighted by molar-refractivity contribution is 9.10. The molecule has 0 saturated carbocycles. The van der Waals surface area contributed by atoms with E-state index in [1.54, 1.807) is 6.07 Å². The average Bonchev–Trinajstić information content (AvgIpc) is 2.98. The third-order valence-corrected chi connectivity index (χ3v) is 4.49. The number of ether oxygens (including phenoxy) is 1. The molecule has 0 unspecified atom stereocenters. The van der Waals surface area contributed by atoms with Gasteiger partial charge in [-0.15, -0.1) is 0 Å². The Labute approximate surface area is 146 Å². The van der Waals surface area contributed by atoms with Crippen LogP contribution in [0.2, 0.25) is 0 Å². The minimum Gasteiger partial charge on any atom is -0.469 e. The van der Waals surface area contributed by atoms with Crippen molar-refractivity contribution in [3.63, 3.8) is 0 Å². The lowest BCUT2D eigenvalue weighted by Crippen LogP contribution is -2.57. The van der Waals surface area contributed by atoms with Crippen molar-refractivity contribution in [3.8, 4) is 0 Å². The second kappa shape index (κ2) is 6.64. The first-order valence-electron chi connectivity index (χ1n) is 7.43. The Balaban J connectivity index is 1.89. The molecule has 2 N–H and O–H groups in total. The first-order chi connectivity index (χ1) is 11.5. The normalized spacial score (nSPS) is 17.7. The molecule has 0 aliphatic carbocycles. The quantitative estimate of drug-likeness (QED) is 0.771. The summed E-state index contributed by atoms with van der Waals surface area (Å²) in [5, 5.41) is 3.56. The van der Waals surface area contributed by atoms with Crippen LogP contribution in [0.3, 0.4) is 0 Å². The topological polar surface area (TPSA) is 91.5 Å². The van der Waals surface area contributed by atoms with Crippen LogP contribution in [0.25, 0.3) is 10.9 Å². The Morgan fingerprint density at radius 2 is 2.17 bits per heavy atom. The number of benzene rings is 1. The maximum atomic E-state index is 12.8. The number of hydrogen-bond donors (Lipinski definition) is 2. The van der Waals surface area contributed by atoms with Gasteiger partial charge in [0.2, 0.25) is 5.91 Å². The Bertz CT molecular complexity index is 817. The number of halogens is 1. The number of hydrogen-bond acceptors (Lipinski definition) is 4. The van der Waals surface area contributed by atoms with Crippen molar-refractivity contribution in [2.45, 2.75) is 12.5 Å². The van der Waals surface area contributed by atoms with E-state index in [2.05, 4.69) is 31.0 Å². The molecule has 126 valence electrons. The number of carbonyl (C=O) groups is 3. The molecule has 0 bridgehead atoms. The summed E-state index contributed by atoms with van der Waals surface area (Å²) in [5.41, 5.74) is 1.21. The molecular formula is C16H16BrN3O4. The summed E-state index contributed by atoms with van der Waals surface area (Å²) in [6, 6.07) is 6.52. The Hall–Kier alpha value is -2.35. The third-order valence-electron chi connectivity index (χ3n) is 3.99. The van der Waals surface area contributed by atoms with E-state index >= 15 is 0 Å². The number of methoxy groups -OCH3 is 1. The number of amides is 2. The van der Waals surface area contributed by atoms with Gasteiger partial charge in [-0.05, 0) is 24.3 Å². The molecule has 1 fully saturated rings. The molecule has 1 aliphatic rings. The van der Waals surface area contributed by atoms with Crippen LogP contribution in [0.15, 0.2) is 28.7 Å². The molecule has 2 heterocycles. The van der Waals surface area contributed by atoms with Crippen LogP contribution in [0.5, 0.6) is 0 Å². The zero-order valence-electron chi connectivity index (χ0n) is 13.0. The van der Waals surface area contributed by atoms with Crippen LogP contribution in [0.4, 0.5) is 0 Å². The maximum absolute atomic E-state index is 12.8. The predicted octanol–water partition coefficient (Wildman–Crippen LogP) is 1.43. The highest BCUT2D eigenvalue weighted by Crippen LogP contribution is 2.22. The van der Waals surface area contributed by atoms with E-state index < -0.39 is 12.0 Å². The van der Waals surface area contributed by atoms with Crippen molar-refractivity contribution < 1.29 is 19.1 Å². The van der Waals surface area contributed by atoms with Crippen LogP contribution < -0.4 is 5.32 Å². The van der Waals surface area contributed by atoms with E-state index in [-0.39, 0.29) is 18.2 Å². The van der Waals surface area contributed by atoms with Gasteiger partial charge in [0.05, 0.1) is 13.5 Å². The molecule has 1 aromatic carbocycles. The van der Waals surface area contributed by atoms with Crippen molar-refractivity contribution in [2.75, 3.05) is 20.2 Å². The minimum absolute atomic E-state index is 0.167. The number of nitrogens with one attached hydrogen (secondary N) is 2. The molecule has 0 radical (unpaired) electrons. The lowest BCUT2D eigenvalue weighted by molar-refractivity contribution is -0.145. The van der Waals surface area contributed by atoms with Gasteiger partial charge in [-0.25, -0.2) is 0 Å². The molecule has 2 amide bonds. The summed E-state index contributed by atoms with van der Waals surface area (Å²) >= 11 is 3.39. The van der Waals surface area contributed by atoms with E-state index in [0.29, 0.717) is 18.8 Å². The van der Waals surface area contributed by atoms with Crippen LogP contribution in [0, 0.1) is 0 Å². The fraction of sp³-hybridized carbons (Fsp3) is 0.312. The molecule has 8 heteroatoms. The average molecular weight is 394 g/mol. The molecule has 0 spiro atoms. The molecule has 3 rings (SSSR count). The molecule has 7 nitrogen and oxygen atoms in total. The molecular weight excluding hydrogens is 378 g/mol. The zero-order chi connectivity index (χ0) is 17.3. The van der Waals surface area contributed by atoms with E-state index in [0.717, 1.165) is 15.4 Å². The van der Waals surface area contributed by atoms with Gasteiger partial charge in [0.25, 0.3) is 5.91 Å². The van der Waals surface area contributed by atoms with E-state index in [4.69, 9.17) is 0 Å². The van der Waals surface area contributed by atoms with Crippen molar-refractivity contribution in [3.05, 3.63) is 34.4 Å². The number of H-pyrrole nitrogens is 1. The molecule has 2 aromatic rings. The minimum atomic E-state index is -0.864. The monoisotopic (exact) mass is 393 g/mol. The predicted molar refractivity (Wildman–Crippen MR) is 90.5 cm³/mol. The summed E-state index contributed by atoms with van der Waals surface area (Å²) in [5.74, 6) is -1.19. The smallest absolute Gasteiger partial charge is 0.308 e. The molecule has 1 aliphatic heterocycles. The fourth-order valence-corrected chi connectivity index (χ4v) is 3.15. The van der Waals surface area contributed by atoms with Gasteiger partial charge in [0.15, 0.2) is 0 Å². The summed E-state index contributed by atoms with van der Waals surface area (Å²) in [6.45, 7) is 0.694. The van der Waals surface area contributed by atoms with Gasteiger partial charge < -0.3 is 19.9 Å². The van der Waals surface area contributed by atoms with Gasteiger partial charge in [-0.2, -0.15) is 0 Å². The van der Waals surface area contributed by atoms with Crippen molar-refractivity contribution >= 4 is 44.6 Å². The number of fused-ring (bicyclic) bond motifs is 1. The maximum Gasteiger partial charge on any atom is 0.308 e. The van der Waals surface area contributed by atoms with E-state index in [1.807, 2.05) is 18.2 Å². The van der Waals surface area contributed by atoms with E-state index in [1.165, 1.54) is 12.0 Å². The van der Waals surface area contributed by atoms with E-state index in [9.17, 15) is 14.4 Å². The van der Waals surface area contributed by atoms with Gasteiger partial charge in [0.1, 0.15) is 11.7 Å². The number of piperazine rings is 1. The number of nitrogens with zero attached hydrogens (tertiary/aromatic N) is 1. The highest BCUT2D eigenvalue weighted by Gasteiger charge is 2.35. The molecule has 1 aromatic heterocycles. The third kappa shape index (κ3) is 3.14. The number of esters is 1. The van der Waals surface area contributed by atoms with Gasteiger partial charge in [0, 0.05) is 28.5 Å². The molecule has 1 atom stereocenters. The largest absolute Gasteiger partial charge is 0.469 e. The van der Waals surface area contributed by atoms with Crippen LogP contribution in [-0.4, -0.2) is 53.9 Å². The molecule has 1 saturated heterocycles. The van der Waals surface area contributed by atoms with Crippen LogP contribution in [-0.2, 0) is 14.3 Å². The summed E-state index contributed by atoms with van der Waals surface area (Å²) < 4.78 is 5.54. The van der Waals surface area contributed by atoms with Gasteiger partial charge in [-0.1, -0.05) is 15.9 Å². The number of aromatic nitrogens is 1. The first kappa shape index (κ1) is 16.5. The van der Waals surface area contributed by atoms with Gasteiger partial charge >= 0.3 is 5.97 Å². The molecule has 24 heavy (non-hydrogen) atoms. The summed E-state index contributed by atoms with van der Waals surface area (Å²) in [6.07, 6.45) is -0.167. The second-order valence-corrected chi connectivity index (χ2v) is 6.42. The fourth-order valence-electron chi connectivity index (χ4n) is 2.78. The van der Waals surface area contributed by atoms with Crippen molar-refractivity contribution in [1.29, 1.82) is 0 Å². The van der Waals surface area contributed by atoms with Gasteiger partial charge in [-0.3, -0.25) is 14.4 Å².